The molecule has 1 fully saturated rings. The molecule has 18 nitrogen and oxygen atoms in total. The van der Waals surface area contributed by atoms with Gasteiger partial charge in [-0.1, -0.05) is 11.8 Å². The lowest BCUT2D eigenvalue weighted by molar-refractivity contribution is -0.0716. The number of aliphatic hydroxyl groups excluding tert-OH is 1. The molecule has 2 aromatic heterocycles. The zero-order valence-electron chi connectivity index (χ0n) is 17.4. The normalized spacial score (nSPS) is 27.8. The Labute approximate surface area is 198 Å². The van der Waals surface area contributed by atoms with E-state index < -0.39 is 66.3 Å². The second-order valence-corrected chi connectivity index (χ2v) is 11.5. The number of hydrogen-bond acceptors (Lipinski definition) is 12. The van der Waals surface area contributed by atoms with E-state index in [4.69, 9.17) is 20.3 Å². The van der Waals surface area contributed by atoms with Crippen LogP contribution in [0.5, 0.6) is 0 Å². The highest BCUT2D eigenvalue weighted by Gasteiger charge is 2.56. The van der Waals surface area contributed by atoms with Crippen molar-refractivity contribution in [2.45, 2.75) is 24.0 Å². The summed E-state index contributed by atoms with van der Waals surface area (Å²) >= 11 is 0. The number of phosphoric ester groups is 1. The molecule has 9 N–H and O–H groups in total. The smallest absolute Gasteiger partial charge is 0.386 e. The number of ether oxygens (including phenoxy) is 1. The van der Waals surface area contributed by atoms with Crippen molar-refractivity contribution in [3.05, 3.63) is 22.6 Å². The summed E-state index contributed by atoms with van der Waals surface area (Å²) in [4.78, 5) is 54.2. The first-order valence-electron chi connectivity index (χ1n) is 9.24. The number of aromatic nitrogens is 3. The molecule has 3 heterocycles. The van der Waals surface area contributed by atoms with E-state index in [0.29, 0.717) is 0 Å². The van der Waals surface area contributed by atoms with Crippen LogP contribution in [0.3, 0.4) is 0 Å². The summed E-state index contributed by atoms with van der Waals surface area (Å²) in [5.41, 5.74) is 2.09. The van der Waals surface area contributed by atoms with E-state index in [1.165, 1.54) is 12.3 Å². The zero-order chi connectivity index (χ0) is 27.1. The molecule has 6 atom stereocenters. The number of H-pyrrole nitrogens is 1. The molecule has 0 aliphatic carbocycles. The molecular formula is C14H18FN4O14P3. The van der Waals surface area contributed by atoms with Gasteiger partial charge in [-0.2, -0.15) is 13.6 Å². The molecule has 0 saturated carbocycles. The Morgan fingerprint density at radius 3 is 2.53 bits per heavy atom. The number of hydrogen-bond donors (Lipinski definition) is 8. The molecule has 36 heavy (non-hydrogen) atoms. The average molecular weight is 578 g/mol. The fourth-order valence-corrected chi connectivity index (χ4v) is 6.24. The number of alkyl halides is 1. The summed E-state index contributed by atoms with van der Waals surface area (Å²) < 4.78 is 64.9. The zero-order valence-corrected chi connectivity index (χ0v) is 20.1. The summed E-state index contributed by atoms with van der Waals surface area (Å²) in [6, 6.07) is 1.25. The van der Waals surface area contributed by atoms with Gasteiger partial charge in [-0.15, -0.1) is 0 Å². The number of rotatable bonds is 8. The third-order valence-corrected chi connectivity index (χ3v) is 8.31. The van der Waals surface area contributed by atoms with Crippen LogP contribution in [0.25, 0.3) is 11.0 Å². The van der Waals surface area contributed by atoms with E-state index in [2.05, 4.69) is 29.0 Å². The molecule has 22 heteroatoms. The Morgan fingerprint density at radius 1 is 1.25 bits per heavy atom. The number of anilines is 1. The predicted octanol–water partition coefficient (Wildman–Crippen LogP) is -1.39. The number of aromatic amines is 1. The first-order chi connectivity index (χ1) is 16.5. The van der Waals surface area contributed by atoms with Crippen LogP contribution in [0, 0.1) is 11.8 Å². The fraction of sp³-hybridized carbons (Fsp3) is 0.429. The Bertz CT molecular complexity index is 1410. The lowest BCUT2D eigenvalue weighted by Gasteiger charge is -2.26. The minimum atomic E-state index is -5.82. The van der Waals surface area contributed by atoms with Gasteiger partial charge in [0.15, 0.2) is 17.5 Å². The van der Waals surface area contributed by atoms with E-state index in [-0.39, 0.29) is 17.0 Å². The number of nitrogens with one attached hydrogen (secondary N) is 1. The minimum Gasteiger partial charge on any atom is -0.386 e. The maximum Gasteiger partial charge on any atom is 0.490 e. The molecule has 200 valence electrons. The molecule has 1 aliphatic rings. The van der Waals surface area contributed by atoms with Crippen molar-refractivity contribution < 1.29 is 65.8 Å². The lowest BCUT2D eigenvalue weighted by Crippen LogP contribution is -2.46. The number of nitrogens with zero attached hydrogens (tertiary/aromatic N) is 2. The van der Waals surface area contributed by atoms with Crippen LogP contribution in [-0.2, 0) is 31.6 Å². The van der Waals surface area contributed by atoms with Crippen molar-refractivity contribution in [2.75, 3.05) is 19.0 Å². The highest BCUT2D eigenvalue weighted by atomic mass is 31.3. The maximum absolute atomic E-state index is 12.7. The highest BCUT2D eigenvalue weighted by Crippen LogP contribution is 2.66. The standard InChI is InChI=1S/C14H18FN4O14P3/c15-4-1-3-14(22)9(20)8(6-30-35(26,27)33-36(28,29)32-34(23,24)25)31-12(14)19-5-2-7-10(19)17-13(16)18-11(7)21/h2,5,8-9,12,20,22H,4,6H2,(H,26,27)(H,28,29)(H2,23,24,25)(H3,16,17,18,21)/t8-,9+,12-,14?/m1/s1. The summed E-state index contributed by atoms with van der Waals surface area (Å²) in [7, 11) is -17.0. The van der Waals surface area contributed by atoms with E-state index >= 15 is 0 Å². The van der Waals surface area contributed by atoms with Gasteiger partial charge >= 0.3 is 23.5 Å². The molecule has 1 saturated heterocycles. The third kappa shape index (κ3) is 6.28. The summed E-state index contributed by atoms with van der Waals surface area (Å²) in [5.74, 6) is 3.64. The summed E-state index contributed by atoms with van der Waals surface area (Å²) in [6.07, 6.45) is -4.38. The van der Waals surface area contributed by atoms with Crippen molar-refractivity contribution in [3.63, 3.8) is 0 Å². The van der Waals surface area contributed by atoms with E-state index in [0.717, 1.165) is 4.57 Å². The first-order valence-corrected chi connectivity index (χ1v) is 13.8. The Morgan fingerprint density at radius 2 is 1.92 bits per heavy atom. The number of halogens is 1. The Hall–Kier alpha value is -2.00. The summed E-state index contributed by atoms with van der Waals surface area (Å²) in [6.45, 7) is -2.42. The highest BCUT2D eigenvalue weighted by molar-refractivity contribution is 7.66. The average Bonchev–Trinajstić information content (AvgIpc) is 3.22. The summed E-state index contributed by atoms with van der Waals surface area (Å²) in [5, 5.41) is 21.6. The monoisotopic (exact) mass is 578 g/mol. The number of aliphatic hydroxyl groups is 2. The quantitative estimate of drug-likeness (QED) is 0.132. The Kier molecular flexibility index (Phi) is 7.97. The van der Waals surface area contributed by atoms with Gasteiger partial charge in [0, 0.05) is 6.20 Å². The van der Waals surface area contributed by atoms with Crippen molar-refractivity contribution in [2.24, 2.45) is 0 Å². The second-order valence-electron chi connectivity index (χ2n) is 7.03. The SMILES string of the molecule is Nc1nc2c(ccn2[C@@H]2O[C@H](COP(=O)(O)OP(=O)(O)OP(=O)(O)O)[C@H](O)C2(O)C#CCF)c(=O)[nH]1. The second kappa shape index (κ2) is 10.0. The van der Waals surface area contributed by atoms with Crippen molar-refractivity contribution in [1.82, 2.24) is 14.5 Å². The van der Waals surface area contributed by atoms with Gasteiger partial charge in [-0.3, -0.25) is 14.3 Å². The number of fused-ring (bicyclic) bond motifs is 1. The van der Waals surface area contributed by atoms with Crippen LogP contribution in [0.15, 0.2) is 17.1 Å². The number of phosphoric acid groups is 3. The Balaban J connectivity index is 1.89. The molecule has 0 radical (unpaired) electrons. The van der Waals surface area contributed by atoms with Gasteiger partial charge in [0.2, 0.25) is 5.95 Å². The van der Waals surface area contributed by atoms with Gasteiger partial charge in [0.1, 0.15) is 18.9 Å². The fourth-order valence-electron chi connectivity index (χ4n) is 3.21. The minimum absolute atomic E-state index is 0.0280. The maximum atomic E-state index is 12.7. The van der Waals surface area contributed by atoms with Crippen LogP contribution in [0.4, 0.5) is 10.3 Å². The number of nitrogens with two attached hydrogens (primary N) is 1. The van der Waals surface area contributed by atoms with Crippen molar-refractivity contribution >= 4 is 40.4 Å². The molecule has 0 bridgehead atoms. The van der Waals surface area contributed by atoms with Crippen molar-refractivity contribution in [3.8, 4) is 11.8 Å². The molecule has 1 aliphatic heterocycles. The lowest BCUT2D eigenvalue weighted by atomic mass is 9.94. The first kappa shape index (κ1) is 28.6. The predicted molar refractivity (Wildman–Crippen MR) is 113 cm³/mol. The van der Waals surface area contributed by atoms with Crippen LogP contribution >= 0.6 is 23.5 Å². The van der Waals surface area contributed by atoms with Crippen LogP contribution in [0.2, 0.25) is 0 Å². The van der Waals surface area contributed by atoms with E-state index in [1.54, 1.807) is 0 Å². The van der Waals surface area contributed by atoms with Gasteiger partial charge in [0.25, 0.3) is 5.56 Å². The van der Waals surface area contributed by atoms with Gasteiger partial charge in [-0.25, -0.2) is 18.1 Å². The van der Waals surface area contributed by atoms with Gasteiger partial charge < -0.3 is 44.8 Å². The van der Waals surface area contributed by atoms with E-state index in [9.17, 15) is 42.9 Å². The number of nitrogen functional groups attached to an aromatic ring is 1. The molecule has 0 spiro atoms. The van der Waals surface area contributed by atoms with Crippen LogP contribution in [0.1, 0.15) is 6.23 Å². The van der Waals surface area contributed by atoms with Gasteiger partial charge in [0.05, 0.1) is 12.0 Å². The van der Waals surface area contributed by atoms with E-state index in [1.807, 2.05) is 5.92 Å². The molecule has 2 aromatic rings. The topological polar surface area (TPSA) is 286 Å². The van der Waals surface area contributed by atoms with Crippen molar-refractivity contribution in [1.29, 1.82) is 0 Å². The third-order valence-electron chi connectivity index (χ3n) is 4.51. The largest absolute Gasteiger partial charge is 0.490 e. The molecule has 0 aromatic carbocycles. The molecule has 3 unspecified atom stereocenters. The molecule has 3 rings (SSSR count). The molecule has 0 amide bonds. The van der Waals surface area contributed by atoms with Crippen LogP contribution < -0.4 is 11.3 Å². The molecular weight excluding hydrogens is 560 g/mol. The van der Waals surface area contributed by atoms with Gasteiger partial charge in [-0.05, 0) is 6.07 Å². The van der Waals surface area contributed by atoms with Crippen LogP contribution in [-0.4, -0.2) is 75.4 Å².